The van der Waals surface area contributed by atoms with Gasteiger partial charge in [-0.25, -0.2) is 0 Å². The van der Waals surface area contributed by atoms with Crippen LogP contribution in [0, 0.1) is 0 Å². The van der Waals surface area contributed by atoms with E-state index in [-0.39, 0.29) is 11.9 Å². The molecule has 2 aromatic carbocycles. The van der Waals surface area contributed by atoms with Gasteiger partial charge in [-0.3, -0.25) is 14.2 Å². The van der Waals surface area contributed by atoms with Crippen molar-refractivity contribution < 1.29 is 4.79 Å². The molecule has 6 nitrogen and oxygen atoms in total. The van der Waals surface area contributed by atoms with Gasteiger partial charge in [0, 0.05) is 23.7 Å². The number of nitrogens with zero attached hydrogens (tertiary/aromatic N) is 4. The Bertz CT molecular complexity index is 1140. The van der Waals surface area contributed by atoms with Crippen molar-refractivity contribution in [2.24, 2.45) is 0 Å². The number of benzene rings is 2. The summed E-state index contributed by atoms with van der Waals surface area (Å²) in [5.74, 6) is -0.0523. The Morgan fingerprint density at radius 3 is 2.55 bits per heavy atom. The molecule has 0 spiro atoms. The minimum absolute atomic E-state index is 0.0393. The van der Waals surface area contributed by atoms with Crippen molar-refractivity contribution in [2.75, 3.05) is 0 Å². The third-order valence-corrected chi connectivity index (χ3v) is 5.91. The van der Waals surface area contributed by atoms with E-state index < -0.39 is 6.04 Å². The molecule has 4 aromatic rings. The predicted molar refractivity (Wildman–Crippen MR) is 118 cm³/mol. The highest BCUT2D eigenvalue weighted by Gasteiger charge is 2.30. The molecule has 2 heterocycles. The Balaban J connectivity index is 1.39. The summed E-state index contributed by atoms with van der Waals surface area (Å²) in [5, 5.41) is 12.3. The summed E-state index contributed by atoms with van der Waals surface area (Å²) < 4.78 is 3.79. The van der Waals surface area contributed by atoms with Gasteiger partial charge in [0.15, 0.2) is 6.04 Å². The van der Waals surface area contributed by atoms with E-state index in [4.69, 9.17) is 0 Å². The highest BCUT2D eigenvalue weighted by atomic mass is 16.2. The molecule has 156 valence electrons. The first kappa shape index (κ1) is 19.3. The average molecular weight is 412 g/mol. The van der Waals surface area contributed by atoms with Crippen molar-refractivity contribution in [3.8, 4) is 0 Å². The lowest BCUT2D eigenvalue weighted by Crippen LogP contribution is -2.37. The molecule has 0 saturated heterocycles. The van der Waals surface area contributed by atoms with E-state index in [2.05, 4.69) is 32.3 Å². The molecule has 1 amide bonds. The monoisotopic (exact) mass is 411 g/mol. The van der Waals surface area contributed by atoms with Crippen molar-refractivity contribution in [1.82, 2.24) is 24.9 Å². The number of nitrogens with one attached hydrogen (secondary N) is 1. The smallest absolute Gasteiger partial charge is 0.249 e. The van der Waals surface area contributed by atoms with E-state index in [0.29, 0.717) is 0 Å². The van der Waals surface area contributed by atoms with Gasteiger partial charge in [-0.05, 0) is 36.5 Å². The first-order valence-corrected chi connectivity index (χ1v) is 10.7. The SMILES string of the molecule is O=C(NC1CCCc2c1cnn2Cc1ccccc1)C(c1ccccc1)n1cccn1. The molecule has 2 unspecified atom stereocenters. The van der Waals surface area contributed by atoms with Gasteiger partial charge in [0.05, 0.1) is 18.8 Å². The first-order valence-electron chi connectivity index (χ1n) is 10.7. The fraction of sp³-hybridized carbons (Fsp3) is 0.240. The van der Waals surface area contributed by atoms with E-state index in [9.17, 15) is 4.79 Å². The fourth-order valence-electron chi connectivity index (χ4n) is 4.40. The summed E-state index contributed by atoms with van der Waals surface area (Å²) in [6, 6.07) is 21.4. The van der Waals surface area contributed by atoms with Crippen LogP contribution >= 0.6 is 0 Å². The Kier molecular flexibility index (Phi) is 5.35. The summed E-state index contributed by atoms with van der Waals surface area (Å²) in [7, 11) is 0. The van der Waals surface area contributed by atoms with Gasteiger partial charge in [-0.2, -0.15) is 10.2 Å². The molecule has 0 radical (unpaired) electrons. The molecule has 1 N–H and O–H groups in total. The molecule has 0 bridgehead atoms. The quantitative estimate of drug-likeness (QED) is 0.523. The second-order valence-electron chi connectivity index (χ2n) is 7.94. The molecule has 1 aliphatic carbocycles. The highest BCUT2D eigenvalue weighted by Crippen LogP contribution is 2.31. The van der Waals surface area contributed by atoms with Crippen LogP contribution in [-0.4, -0.2) is 25.5 Å². The van der Waals surface area contributed by atoms with E-state index >= 15 is 0 Å². The first-order chi connectivity index (χ1) is 15.3. The molecular weight excluding hydrogens is 386 g/mol. The highest BCUT2D eigenvalue weighted by molar-refractivity contribution is 5.84. The van der Waals surface area contributed by atoms with Gasteiger partial charge in [-0.1, -0.05) is 60.7 Å². The second kappa shape index (κ2) is 8.60. The van der Waals surface area contributed by atoms with Crippen molar-refractivity contribution in [2.45, 2.75) is 37.9 Å². The van der Waals surface area contributed by atoms with Gasteiger partial charge < -0.3 is 5.32 Å². The molecule has 2 atom stereocenters. The minimum atomic E-state index is -0.499. The zero-order chi connectivity index (χ0) is 21.0. The normalized spacial score (nSPS) is 16.5. The van der Waals surface area contributed by atoms with E-state index in [0.717, 1.165) is 36.9 Å². The number of rotatable bonds is 6. The van der Waals surface area contributed by atoms with E-state index in [1.807, 2.05) is 67.0 Å². The number of amides is 1. The molecule has 1 aliphatic rings. The van der Waals surface area contributed by atoms with Gasteiger partial charge in [0.2, 0.25) is 5.91 Å². The van der Waals surface area contributed by atoms with Gasteiger partial charge in [-0.15, -0.1) is 0 Å². The van der Waals surface area contributed by atoms with Crippen LogP contribution in [-0.2, 0) is 17.8 Å². The number of fused-ring (bicyclic) bond motifs is 1. The number of aromatic nitrogens is 4. The molecule has 2 aromatic heterocycles. The topological polar surface area (TPSA) is 64.7 Å². The van der Waals surface area contributed by atoms with Gasteiger partial charge in [0.25, 0.3) is 0 Å². The fourth-order valence-corrected chi connectivity index (χ4v) is 4.40. The van der Waals surface area contributed by atoms with Crippen LogP contribution in [0.5, 0.6) is 0 Å². The van der Waals surface area contributed by atoms with Crippen LogP contribution in [0.1, 0.15) is 47.3 Å². The standard InChI is InChI=1S/C25H25N5O/c31-25(24(29-16-8-15-26-29)20-11-5-2-6-12-20)28-22-13-7-14-23-21(22)17-27-30(23)18-19-9-3-1-4-10-19/h1-6,8-12,15-17,22,24H,7,13-14,18H2,(H,28,31). The van der Waals surface area contributed by atoms with Crippen LogP contribution in [0.4, 0.5) is 0 Å². The molecule has 6 heteroatoms. The lowest BCUT2D eigenvalue weighted by Gasteiger charge is -2.27. The Morgan fingerprint density at radius 1 is 1.03 bits per heavy atom. The van der Waals surface area contributed by atoms with Gasteiger partial charge >= 0.3 is 0 Å². The number of carbonyl (C=O) groups excluding carboxylic acids is 1. The van der Waals surface area contributed by atoms with E-state index in [1.54, 1.807) is 10.9 Å². The lowest BCUT2D eigenvalue weighted by atomic mass is 9.92. The summed E-state index contributed by atoms with van der Waals surface area (Å²) >= 11 is 0. The molecule has 0 aliphatic heterocycles. The molecule has 0 fully saturated rings. The van der Waals surface area contributed by atoms with Crippen molar-refractivity contribution in [3.63, 3.8) is 0 Å². The molecule has 5 rings (SSSR count). The Labute approximate surface area is 181 Å². The predicted octanol–water partition coefficient (Wildman–Crippen LogP) is 3.91. The van der Waals surface area contributed by atoms with Crippen LogP contribution in [0.3, 0.4) is 0 Å². The zero-order valence-corrected chi connectivity index (χ0v) is 17.3. The average Bonchev–Trinajstić information content (AvgIpc) is 3.47. The van der Waals surface area contributed by atoms with Crippen LogP contribution in [0.25, 0.3) is 0 Å². The zero-order valence-electron chi connectivity index (χ0n) is 17.3. The summed E-state index contributed by atoms with van der Waals surface area (Å²) in [5.41, 5.74) is 4.49. The number of hydrogen-bond donors (Lipinski definition) is 1. The maximum absolute atomic E-state index is 13.4. The Morgan fingerprint density at radius 2 is 1.81 bits per heavy atom. The lowest BCUT2D eigenvalue weighted by molar-refractivity contribution is -0.124. The van der Waals surface area contributed by atoms with Crippen LogP contribution in [0.15, 0.2) is 85.3 Å². The summed E-state index contributed by atoms with van der Waals surface area (Å²) in [4.78, 5) is 13.4. The summed E-state index contributed by atoms with van der Waals surface area (Å²) in [6.45, 7) is 0.747. The summed E-state index contributed by atoms with van der Waals surface area (Å²) in [6.07, 6.45) is 8.38. The number of carbonyl (C=O) groups is 1. The van der Waals surface area contributed by atoms with Crippen molar-refractivity contribution >= 4 is 5.91 Å². The van der Waals surface area contributed by atoms with E-state index in [1.165, 1.54) is 11.3 Å². The largest absolute Gasteiger partial charge is 0.347 e. The second-order valence-corrected chi connectivity index (χ2v) is 7.94. The van der Waals surface area contributed by atoms with Gasteiger partial charge in [0.1, 0.15) is 0 Å². The molecular formula is C25H25N5O. The van der Waals surface area contributed by atoms with Crippen molar-refractivity contribution in [1.29, 1.82) is 0 Å². The maximum Gasteiger partial charge on any atom is 0.249 e. The number of hydrogen-bond acceptors (Lipinski definition) is 3. The minimum Gasteiger partial charge on any atom is -0.347 e. The third-order valence-electron chi connectivity index (χ3n) is 5.91. The molecule has 31 heavy (non-hydrogen) atoms. The maximum atomic E-state index is 13.4. The van der Waals surface area contributed by atoms with Crippen LogP contribution in [0.2, 0.25) is 0 Å². The molecule has 0 saturated carbocycles. The van der Waals surface area contributed by atoms with Crippen LogP contribution < -0.4 is 5.32 Å². The third kappa shape index (κ3) is 4.01. The van der Waals surface area contributed by atoms with Crippen molar-refractivity contribution in [3.05, 3.63) is 108 Å². The Hall–Kier alpha value is -3.67.